The van der Waals surface area contributed by atoms with E-state index < -0.39 is 22.8 Å². The SMILES string of the molecule is CCCOP(=O)([O-])CC.CCCOP(=O)([O-])CC.CCCOP(=O)([O-])CC.[Al+3]. The van der Waals surface area contributed by atoms with Gasteiger partial charge in [0.1, 0.15) is 22.8 Å². The normalized spacial score (nSPS) is 16.6. The summed E-state index contributed by atoms with van der Waals surface area (Å²) in [5, 5.41) is 0. The van der Waals surface area contributed by atoms with Crippen LogP contribution in [0.2, 0.25) is 0 Å². The van der Waals surface area contributed by atoms with Crippen LogP contribution in [0.15, 0.2) is 0 Å². The second-order valence-corrected chi connectivity index (χ2v) is 11.6. The van der Waals surface area contributed by atoms with Gasteiger partial charge in [0.15, 0.2) is 0 Å². The second kappa shape index (κ2) is 21.2. The average Bonchev–Trinajstić information content (AvgIpc) is 2.64. The Morgan fingerprint density at radius 3 is 0.821 bits per heavy atom. The second-order valence-electron chi connectivity index (χ2n) is 5.28. The third-order valence-electron chi connectivity index (χ3n) is 2.64. The van der Waals surface area contributed by atoms with Gasteiger partial charge in [0.25, 0.3) is 0 Å². The molecular formula is C15H36AlO9P3. The van der Waals surface area contributed by atoms with Crippen molar-refractivity contribution in [3.8, 4) is 0 Å². The van der Waals surface area contributed by atoms with Crippen LogP contribution in [0.3, 0.4) is 0 Å². The molecule has 0 aliphatic rings. The first-order valence-electron chi connectivity index (χ1n) is 9.20. The zero-order valence-corrected chi connectivity index (χ0v) is 21.8. The summed E-state index contributed by atoms with van der Waals surface area (Å²) < 4.78 is 45.3. The Hall–Kier alpha value is 0.982. The molecular weight excluding hydrogens is 444 g/mol. The van der Waals surface area contributed by atoms with Gasteiger partial charge in [-0.3, -0.25) is 0 Å². The minimum Gasteiger partial charge on any atom is -0.779 e. The molecule has 3 unspecified atom stereocenters. The molecule has 0 spiro atoms. The summed E-state index contributed by atoms with van der Waals surface area (Å²) in [6.07, 6.45) is 2.50. The Morgan fingerprint density at radius 2 is 0.714 bits per heavy atom. The molecule has 0 saturated carbocycles. The molecule has 0 amide bonds. The molecule has 168 valence electrons. The van der Waals surface area contributed by atoms with E-state index >= 15 is 0 Å². The molecule has 0 aromatic heterocycles. The number of rotatable bonds is 12. The predicted octanol–water partition coefficient (Wildman–Crippen LogP) is 2.58. The van der Waals surface area contributed by atoms with Gasteiger partial charge in [-0.15, -0.1) is 0 Å². The fourth-order valence-corrected chi connectivity index (χ4v) is 2.89. The largest absolute Gasteiger partial charge is 3.00 e. The zero-order valence-electron chi connectivity index (χ0n) is 18.0. The van der Waals surface area contributed by atoms with Crippen molar-refractivity contribution in [2.45, 2.75) is 60.8 Å². The summed E-state index contributed by atoms with van der Waals surface area (Å²) in [6, 6.07) is 0. The van der Waals surface area contributed by atoms with E-state index in [9.17, 15) is 28.4 Å². The van der Waals surface area contributed by atoms with Gasteiger partial charge in [-0.25, -0.2) is 0 Å². The van der Waals surface area contributed by atoms with Crippen LogP contribution in [-0.2, 0) is 27.3 Å². The van der Waals surface area contributed by atoms with Crippen molar-refractivity contribution in [3.05, 3.63) is 0 Å². The van der Waals surface area contributed by atoms with E-state index in [2.05, 4.69) is 13.6 Å². The average molecular weight is 480 g/mol. The van der Waals surface area contributed by atoms with Gasteiger partial charge in [-0.05, 0) is 19.3 Å². The van der Waals surface area contributed by atoms with Crippen molar-refractivity contribution < 1.29 is 41.9 Å². The monoisotopic (exact) mass is 480 g/mol. The van der Waals surface area contributed by atoms with Gasteiger partial charge < -0.3 is 41.9 Å². The Labute approximate surface area is 181 Å². The molecule has 13 heteroatoms. The molecule has 9 nitrogen and oxygen atoms in total. The molecule has 0 rings (SSSR count). The van der Waals surface area contributed by atoms with Crippen molar-refractivity contribution in [2.24, 2.45) is 0 Å². The van der Waals surface area contributed by atoms with Gasteiger partial charge in [0.05, 0.1) is 19.8 Å². The van der Waals surface area contributed by atoms with Crippen molar-refractivity contribution in [3.63, 3.8) is 0 Å². The summed E-state index contributed by atoms with van der Waals surface area (Å²) in [7, 11) is -10.3. The Kier molecular flexibility index (Phi) is 27.6. The molecule has 28 heavy (non-hydrogen) atoms. The van der Waals surface area contributed by atoms with Gasteiger partial charge in [-0.2, -0.15) is 0 Å². The van der Waals surface area contributed by atoms with Crippen LogP contribution in [0.1, 0.15) is 60.8 Å². The molecule has 0 aliphatic carbocycles. The summed E-state index contributed by atoms with van der Waals surface area (Å²) in [5.41, 5.74) is 0. The third kappa shape index (κ3) is 29.2. The van der Waals surface area contributed by atoms with E-state index in [1.54, 1.807) is 20.8 Å². The van der Waals surface area contributed by atoms with Gasteiger partial charge in [0, 0.05) is 18.5 Å². The van der Waals surface area contributed by atoms with Crippen molar-refractivity contribution in [1.29, 1.82) is 0 Å². The topological polar surface area (TPSA) is 148 Å². The molecule has 0 aromatic rings. The molecule has 3 atom stereocenters. The van der Waals surface area contributed by atoms with Crippen LogP contribution in [0.25, 0.3) is 0 Å². The minimum atomic E-state index is -3.44. The van der Waals surface area contributed by atoms with Gasteiger partial charge >= 0.3 is 17.4 Å². The molecule has 0 N–H and O–H groups in total. The van der Waals surface area contributed by atoms with Gasteiger partial charge in [-0.1, -0.05) is 41.5 Å². The molecule has 0 bridgehead atoms. The van der Waals surface area contributed by atoms with Crippen molar-refractivity contribution >= 4 is 40.1 Å². The standard InChI is InChI=1S/3C5H13O3P.Al/c3*1-3-5-8-9(6,7)4-2;/h3*3-5H2,1-2H3,(H,6,7);/q;;;+3/p-3. The van der Waals surface area contributed by atoms with E-state index in [1.165, 1.54) is 0 Å². The maximum Gasteiger partial charge on any atom is 3.00 e. The van der Waals surface area contributed by atoms with E-state index in [4.69, 9.17) is 0 Å². The molecule has 0 aromatic carbocycles. The minimum absolute atomic E-state index is 0. The van der Waals surface area contributed by atoms with Crippen LogP contribution in [0, 0.1) is 0 Å². The van der Waals surface area contributed by atoms with E-state index in [0.29, 0.717) is 19.8 Å². The smallest absolute Gasteiger partial charge is 0.779 e. The zero-order chi connectivity index (χ0) is 22.0. The first-order chi connectivity index (χ1) is 12.4. The van der Waals surface area contributed by atoms with Gasteiger partial charge in [0.2, 0.25) is 0 Å². The van der Waals surface area contributed by atoms with Crippen LogP contribution < -0.4 is 14.7 Å². The Balaban J connectivity index is -0.000000152. The van der Waals surface area contributed by atoms with Crippen LogP contribution in [0.5, 0.6) is 0 Å². The van der Waals surface area contributed by atoms with Crippen LogP contribution in [-0.4, -0.2) is 55.7 Å². The molecule has 0 saturated heterocycles. The summed E-state index contributed by atoms with van der Waals surface area (Å²) >= 11 is 0. The van der Waals surface area contributed by atoms with Crippen molar-refractivity contribution in [2.75, 3.05) is 38.3 Å². The maximum absolute atomic E-state index is 10.6. The number of hydrogen-bond donors (Lipinski definition) is 0. The molecule has 0 fully saturated rings. The molecule has 0 radical (unpaired) electrons. The van der Waals surface area contributed by atoms with Crippen LogP contribution >= 0.6 is 22.8 Å². The fourth-order valence-electron chi connectivity index (χ4n) is 0.965. The fraction of sp³-hybridized carbons (Fsp3) is 1.00. The number of hydrogen-bond acceptors (Lipinski definition) is 9. The summed E-state index contributed by atoms with van der Waals surface area (Å²) in [5.74, 6) is 0. The first-order valence-corrected chi connectivity index (χ1v) is 14.4. The predicted molar refractivity (Wildman–Crippen MR) is 109 cm³/mol. The summed E-state index contributed by atoms with van der Waals surface area (Å²) in [4.78, 5) is 31.7. The third-order valence-corrected chi connectivity index (χ3v) is 6.69. The van der Waals surface area contributed by atoms with Crippen LogP contribution in [0.4, 0.5) is 0 Å². The maximum atomic E-state index is 10.6. The van der Waals surface area contributed by atoms with Crippen molar-refractivity contribution in [1.82, 2.24) is 0 Å². The van der Waals surface area contributed by atoms with E-state index in [0.717, 1.165) is 19.3 Å². The summed E-state index contributed by atoms with van der Waals surface area (Å²) in [6.45, 7) is 11.3. The van der Waals surface area contributed by atoms with E-state index in [-0.39, 0.29) is 35.8 Å². The quantitative estimate of drug-likeness (QED) is 0.303. The first kappa shape index (κ1) is 36.4. The molecule has 0 heterocycles. The molecule has 0 aliphatic heterocycles. The van der Waals surface area contributed by atoms with E-state index in [1.807, 2.05) is 20.8 Å². The Morgan fingerprint density at radius 1 is 0.536 bits per heavy atom. The Bertz CT molecular complexity index is 411.